The molecule has 462 valence electrons. The fraction of sp³-hybridized carbons (Fsp3) is 0.912. The van der Waals surface area contributed by atoms with Gasteiger partial charge in [0.25, 0.3) is 0 Å². The number of cyclic esters (lactones) is 1. The molecule has 0 aromatic rings. The molecule has 0 bridgehead atoms. The molecule has 9 N–H and O–H groups in total. The van der Waals surface area contributed by atoms with Gasteiger partial charge in [-0.05, 0) is 87.4 Å². The molecule has 5 saturated heterocycles. The molecular formula is C57H90O24. The van der Waals surface area contributed by atoms with Crippen molar-refractivity contribution in [2.45, 2.75) is 255 Å². The average Bonchev–Trinajstić information content (AvgIpc) is 2.25. The molecule has 3 saturated carbocycles. The van der Waals surface area contributed by atoms with Crippen molar-refractivity contribution >= 4 is 17.9 Å². The Morgan fingerprint density at radius 3 is 2.02 bits per heavy atom. The Bertz CT molecular complexity index is 2290. The maximum absolute atomic E-state index is 14.9. The van der Waals surface area contributed by atoms with Crippen molar-refractivity contribution < 1.29 is 117 Å². The summed E-state index contributed by atoms with van der Waals surface area (Å²) in [7, 11) is 1.26. The van der Waals surface area contributed by atoms with Crippen molar-refractivity contribution in [1.29, 1.82) is 0 Å². The van der Waals surface area contributed by atoms with E-state index < -0.39 is 175 Å². The van der Waals surface area contributed by atoms with Gasteiger partial charge in [-0.3, -0.25) is 14.4 Å². The minimum atomic E-state index is -1.89. The Hall–Kier alpha value is -2.57. The quantitative estimate of drug-likeness (QED) is 0.0574. The van der Waals surface area contributed by atoms with Gasteiger partial charge in [-0.2, -0.15) is 0 Å². The molecule has 81 heavy (non-hydrogen) atoms. The summed E-state index contributed by atoms with van der Waals surface area (Å²) in [6, 6.07) is 0. The first-order valence-electron chi connectivity index (χ1n) is 29.0. The second-order valence-electron chi connectivity index (χ2n) is 26.3. The van der Waals surface area contributed by atoms with Crippen LogP contribution in [0.1, 0.15) is 121 Å². The summed E-state index contributed by atoms with van der Waals surface area (Å²) in [5, 5.41) is 99.3. The molecular weight excluding hydrogens is 1070 g/mol. The van der Waals surface area contributed by atoms with Crippen molar-refractivity contribution in [2.24, 2.45) is 45.3 Å². The largest absolute Gasteiger partial charge is 0.462 e. The molecule has 5 aliphatic heterocycles. The zero-order chi connectivity index (χ0) is 59.2. The van der Waals surface area contributed by atoms with E-state index in [-0.39, 0.29) is 48.8 Å². The number of allylic oxidation sites excluding steroid dienone is 2. The molecule has 0 aromatic heterocycles. The van der Waals surface area contributed by atoms with Crippen LogP contribution < -0.4 is 0 Å². The van der Waals surface area contributed by atoms with Gasteiger partial charge in [0.1, 0.15) is 97.2 Å². The molecule has 28 unspecified atom stereocenters. The van der Waals surface area contributed by atoms with Crippen LogP contribution in [0.3, 0.4) is 0 Å². The van der Waals surface area contributed by atoms with E-state index in [0.717, 1.165) is 0 Å². The molecule has 0 radical (unpaired) electrons. The van der Waals surface area contributed by atoms with Crippen LogP contribution in [0.25, 0.3) is 0 Å². The average molecular weight is 1160 g/mol. The topological polar surface area (TPSA) is 344 Å². The van der Waals surface area contributed by atoms with E-state index in [9.17, 15) is 60.3 Å². The molecule has 4 aliphatic carbocycles. The first-order valence-corrected chi connectivity index (χ1v) is 29.0. The first-order chi connectivity index (χ1) is 38.0. The minimum absolute atomic E-state index is 0.0292. The highest BCUT2D eigenvalue weighted by molar-refractivity contribution is 5.84. The monoisotopic (exact) mass is 1160 g/mol. The molecule has 0 amide bonds. The predicted molar refractivity (Wildman–Crippen MR) is 276 cm³/mol. The Kier molecular flexibility index (Phi) is 18.3. The molecule has 1 spiro atoms. The van der Waals surface area contributed by atoms with Gasteiger partial charge in [0.2, 0.25) is 0 Å². The smallest absolute Gasteiger partial charge is 0.314 e. The lowest BCUT2D eigenvalue weighted by molar-refractivity contribution is -0.387. The summed E-state index contributed by atoms with van der Waals surface area (Å²) in [5.41, 5.74) is -2.51. The highest BCUT2D eigenvalue weighted by atomic mass is 16.8. The number of carbonyl (C=O) groups is 3. The van der Waals surface area contributed by atoms with Gasteiger partial charge in [0.05, 0.1) is 43.4 Å². The van der Waals surface area contributed by atoms with Crippen LogP contribution in [-0.2, 0) is 71.2 Å². The summed E-state index contributed by atoms with van der Waals surface area (Å²) < 4.78 is 72.0. The number of aliphatic hydroxyl groups is 9. The molecule has 24 nitrogen and oxygen atoms in total. The normalized spacial score (nSPS) is 49.8. The van der Waals surface area contributed by atoms with Gasteiger partial charge in [-0.1, -0.05) is 53.2 Å². The summed E-state index contributed by atoms with van der Waals surface area (Å²) in [4.78, 5) is 40.1. The second-order valence-corrected chi connectivity index (χ2v) is 26.3. The second kappa shape index (κ2) is 23.6. The van der Waals surface area contributed by atoms with E-state index in [2.05, 4.69) is 33.8 Å². The lowest BCUT2D eigenvalue weighted by atomic mass is 9.41. The van der Waals surface area contributed by atoms with Crippen molar-refractivity contribution in [2.75, 3.05) is 26.9 Å². The number of hydrogen-bond acceptors (Lipinski definition) is 24. The maximum atomic E-state index is 14.9. The number of rotatable bonds is 16. The van der Waals surface area contributed by atoms with E-state index >= 15 is 0 Å². The zero-order valence-electron chi connectivity index (χ0n) is 48.4. The van der Waals surface area contributed by atoms with E-state index in [1.807, 2.05) is 20.8 Å². The number of aliphatic hydroxyl groups excluding tert-OH is 9. The van der Waals surface area contributed by atoms with Gasteiger partial charge in [-0.15, -0.1) is 0 Å². The van der Waals surface area contributed by atoms with Crippen molar-refractivity contribution in [3.8, 4) is 0 Å². The number of hydrogen-bond donors (Lipinski definition) is 9. The third-order valence-electron chi connectivity index (χ3n) is 20.4. The molecule has 24 heteroatoms. The van der Waals surface area contributed by atoms with Crippen LogP contribution in [-0.4, -0.2) is 225 Å². The van der Waals surface area contributed by atoms with E-state index in [1.165, 1.54) is 33.5 Å². The van der Waals surface area contributed by atoms with Gasteiger partial charge >= 0.3 is 17.9 Å². The van der Waals surface area contributed by atoms with Crippen LogP contribution in [0.15, 0.2) is 11.6 Å². The first kappa shape index (κ1) is 62.9. The lowest BCUT2D eigenvalue weighted by Crippen LogP contribution is -2.66. The number of esters is 3. The highest BCUT2D eigenvalue weighted by Crippen LogP contribution is 2.77. The van der Waals surface area contributed by atoms with E-state index in [0.29, 0.717) is 44.9 Å². The maximum Gasteiger partial charge on any atom is 0.314 e. The molecule has 0 aromatic carbocycles. The SMILES string of the molecule is COC1C(O)COC(OC2C(O)C(CO)OC(OC3C(C)OC(OC4C(OC5CCC6(C)C7CCC89C(=O)OC(C)(CC(CC(C)C)OC(C)=O)C8C(OC(C)=O)CC9(C)C7=CCC6C5(C)C)OCC(O)C4O)C(O)C3O)C2O)C1O. The standard InChI is InChI=1S/C57H90O24/c1-24(2)18-28(74-26(4)59)19-56(10)47-33(75-27(5)60)20-55(9)30-12-13-35-53(6,7)36(15-16-54(35,8)29(30)14-17-57(47,55)52(69)81-56)77-51-46(37(63)31(61)22-72-51)80-49-40(66)39(65)43(25(3)73-49)78-50-42(68)45(38(64)34(21-58)76-50)79-48-41(67)44(70-11)32(62)23-71-48/h12,24-25,28-29,31-51,58,61-68H,13-23H2,1-11H3. The number of carbonyl (C=O) groups excluding carboxylic acids is 3. The van der Waals surface area contributed by atoms with Crippen molar-refractivity contribution in [3.05, 3.63) is 11.6 Å². The van der Waals surface area contributed by atoms with E-state index in [1.54, 1.807) is 0 Å². The zero-order valence-corrected chi connectivity index (χ0v) is 48.4. The number of methoxy groups -OCH3 is 1. The Morgan fingerprint density at radius 2 is 1.37 bits per heavy atom. The fourth-order valence-electron chi connectivity index (χ4n) is 16.8. The summed E-state index contributed by atoms with van der Waals surface area (Å²) in [6.45, 7) is 17.6. The lowest BCUT2D eigenvalue weighted by Gasteiger charge is -2.63. The van der Waals surface area contributed by atoms with Gasteiger partial charge < -0.3 is 103 Å². The summed E-state index contributed by atoms with van der Waals surface area (Å²) in [5.74, 6) is -1.41. The van der Waals surface area contributed by atoms with Crippen LogP contribution in [0.5, 0.6) is 0 Å². The van der Waals surface area contributed by atoms with E-state index in [4.69, 9.17) is 56.8 Å². The molecule has 8 fully saturated rings. The molecule has 5 heterocycles. The Balaban J connectivity index is 0.894. The third-order valence-corrected chi connectivity index (χ3v) is 20.4. The van der Waals surface area contributed by atoms with Crippen molar-refractivity contribution in [3.63, 3.8) is 0 Å². The van der Waals surface area contributed by atoms with Gasteiger partial charge in [-0.25, -0.2) is 0 Å². The predicted octanol–water partition coefficient (Wildman–Crippen LogP) is 0.414. The third kappa shape index (κ3) is 11.0. The summed E-state index contributed by atoms with van der Waals surface area (Å²) >= 11 is 0. The summed E-state index contributed by atoms with van der Waals surface area (Å²) in [6.07, 6.45) is -22.5. The minimum Gasteiger partial charge on any atom is -0.462 e. The Labute approximate surface area is 472 Å². The Morgan fingerprint density at radius 1 is 0.728 bits per heavy atom. The van der Waals surface area contributed by atoms with Crippen molar-refractivity contribution in [1.82, 2.24) is 0 Å². The van der Waals surface area contributed by atoms with Crippen LogP contribution >= 0.6 is 0 Å². The van der Waals surface area contributed by atoms with Gasteiger partial charge in [0, 0.05) is 32.8 Å². The van der Waals surface area contributed by atoms with Crippen LogP contribution in [0.2, 0.25) is 0 Å². The number of ether oxygens (including phenoxy) is 12. The van der Waals surface area contributed by atoms with Gasteiger partial charge in [0.15, 0.2) is 25.2 Å². The molecule has 9 rings (SSSR count). The van der Waals surface area contributed by atoms with Crippen LogP contribution in [0, 0.1) is 45.3 Å². The fourth-order valence-corrected chi connectivity index (χ4v) is 16.8. The molecule has 9 aliphatic rings. The number of fused-ring (bicyclic) bond motifs is 4. The van der Waals surface area contributed by atoms with Crippen LogP contribution in [0.4, 0.5) is 0 Å². The highest BCUT2D eigenvalue weighted by Gasteiger charge is 2.80. The molecule has 28 atom stereocenters.